The van der Waals surface area contributed by atoms with Crippen molar-refractivity contribution in [3.8, 4) is 11.5 Å². The molecule has 188 valence electrons. The van der Waals surface area contributed by atoms with E-state index in [2.05, 4.69) is 5.32 Å². The molecule has 3 aromatic carbocycles. The van der Waals surface area contributed by atoms with Crippen molar-refractivity contribution >= 4 is 31.6 Å². The van der Waals surface area contributed by atoms with Gasteiger partial charge in [-0.25, -0.2) is 16.8 Å². The van der Waals surface area contributed by atoms with Crippen LogP contribution in [-0.4, -0.2) is 63.8 Å². The number of hydrogen-bond acceptors (Lipinski definition) is 7. The van der Waals surface area contributed by atoms with Gasteiger partial charge in [-0.15, -0.1) is 0 Å². The largest absolute Gasteiger partial charge is 0.454 e. The van der Waals surface area contributed by atoms with E-state index in [1.54, 1.807) is 54.6 Å². The van der Waals surface area contributed by atoms with Gasteiger partial charge >= 0.3 is 0 Å². The lowest BCUT2D eigenvalue weighted by molar-refractivity contribution is -0.120. The predicted molar refractivity (Wildman–Crippen MR) is 131 cm³/mol. The Morgan fingerprint density at radius 3 is 2.06 bits per heavy atom. The van der Waals surface area contributed by atoms with Gasteiger partial charge in [0.25, 0.3) is 0 Å². The van der Waals surface area contributed by atoms with Crippen LogP contribution in [-0.2, 0) is 24.8 Å². The van der Waals surface area contributed by atoms with Gasteiger partial charge in [0.05, 0.1) is 9.79 Å². The molecule has 0 aromatic heterocycles. The highest BCUT2D eigenvalue weighted by Crippen LogP contribution is 2.34. The van der Waals surface area contributed by atoms with Crippen molar-refractivity contribution in [1.29, 1.82) is 0 Å². The Kier molecular flexibility index (Phi) is 6.43. The Morgan fingerprint density at radius 1 is 0.778 bits per heavy atom. The molecule has 1 atom stereocenters. The molecule has 0 aliphatic carbocycles. The maximum Gasteiger partial charge on any atom is 0.244 e. The predicted octanol–water partition coefficient (Wildman–Crippen LogP) is 2.12. The fraction of sp³-hybridized carbons (Fsp3) is 0.208. The Morgan fingerprint density at radius 2 is 1.39 bits per heavy atom. The Balaban J connectivity index is 1.47. The molecule has 5 rings (SSSR count). The quantitative estimate of drug-likeness (QED) is 0.519. The molecule has 10 nitrogen and oxygen atoms in total. The second-order valence-corrected chi connectivity index (χ2v) is 12.0. The van der Waals surface area contributed by atoms with E-state index in [1.165, 1.54) is 24.3 Å². The molecule has 1 N–H and O–H groups in total. The Hall–Kier alpha value is -3.45. The fourth-order valence-corrected chi connectivity index (χ4v) is 7.18. The van der Waals surface area contributed by atoms with Crippen LogP contribution in [0, 0.1) is 0 Å². The lowest BCUT2D eigenvalue weighted by Gasteiger charge is -2.38. The molecule has 3 aromatic rings. The Labute approximate surface area is 209 Å². The summed E-state index contributed by atoms with van der Waals surface area (Å²) in [5.41, 5.74) is 0.365. The summed E-state index contributed by atoms with van der Waals surface area (Å²) in [7, 11) is -8.03. The number of ether oxygens (including phenoxy) is 2. The summed E-state index contributed by atoms with van der Waals surface area (Å²) in [4.78, 5) is 13.5. The fourth-order valence-electron chi connectivity index (χ4n) is 4.13. The van der Waals surface area contributed by atoms with E-state index in [-0.39, 0.29) is 36.2 Å². The molecular weight excluding hydrogens is 506 g/mol. The summed E-state index contributed by atoms with van der Waals surface area (Å²) in [6.45, 7) is -0.579. The van der Waals surface area contributed by atoms with Crippen molar-refractivity contribution in [3.05, 3.63) is 78.9 Å². The van der Waals surface area contributed by atoms with Gasteiger partial charge in [-0.05, 0) is 36.4 Å². The van der Waals surface area contributed by atoms with Crippen LogP contribution in [0.15, 0.2) is 88.7 Å². The first-order valence-corrected chi connectivity index (χ1v) is 14.0. The number of fused-ring (bicyclic) bond motifs is 1. The number of piperazine rings is 1. The molecular formula is C24H23N3O7S2. The highest BCUT2D eigenvalue weighted by atomic mass is 32.2. The standard InChI is InChI=1S/C24H23N3O7S2/c28-24(25-18-11-12-22-23(15-18)34-17-33-22)21-16-26(35(29,30)19-7-3-1-4-8-19)13-14-27(21)36(31,32)20-9-5-2-6-10-20/h1-12,15,21H,13-14,16-17H2,(H,25,28)/t21-/m0/s1. The lowest BCUT2D eigenvalue weighted by atomic mass is 10.2. The van der Waals surface area contributed by atoms with Crippen molar-refractivity contribution in [2.45, 2.75) is 15.8 Å². The second kappa shape index (κ2) is 9.54. The number of rotatable bonds is 6. The van der Waals surface area contributed by atoms with E-state index < -0.39 is 32.0 Å². The lowest BCUT2D eigenvalue weighted by Crippen LogP contribution is -2.60. The minimum absolute atomic E-state index is 0.0187. The van der Waals surface area contributed by atoms with Gasteiger partial charge in [0.1, 0.15) is 6.04 Å². The molecule has 1 amide bonds. The first-order chi connectivity index (χ1) is 17.3. The van der Waals surface area contributed by atoms with E-state index in [9.17, 15) is 21.6 Å². The SMILES string of the molecule is O=C(Nc1ccc2c(c1)OCO2)[C@@H]1CN(S(=O)(=O)c2ccccc2)CCN1S(=O)(=O)c1ccccc1. The highest BCUT2D eigenvalue weighted by Gasteiger charge is 2.43. The second-order valence-electron chi connectivity index (χ2n) is 8.18. The molecule has 0 unspecified atom stereocenters. The van der Waals surface area contributed by atoms with Crippen molar-refractivity contribution in [2.24, 2.45) is 0 Å². The first-order valence-electron chi connectivity index (χ1n) is 11.1. The number of amides is 1. The third-order valence-electron chi connectivity index (χ3n) is 5.97. The molecule has 0 bridgehead atoms. The van der Waals surface area contributed by atoms with Gasteiger partial charge in [-0.2, -0.15) is 8.61 Å². The monoisotopic (exact) mass is 529 g/mol. The van der Waals surface area contributed by atoms with E-state index in [0.29, 0.717) is 17.2 Å². The van der Waals surface area contributed by atoms with Crippen LogP contribution in [0.5, 0.6) is 11.5 Å². The minimum Gasteiger partial charge on any atom is -0.454 e. The van der Waals surface area contributed by atoms with Crippen molar-refractivity contribution < 1.29 is 31.1 Å². The Bertz CT molecular complexity index is 1480. The van der Waals surface area contributed by atoms with Crippen molar-refractivity contribution in [3.63, 3.8) is 0 Å². The molecule has 2 aliphatic rings. The zero-order valence-corrected chi connectivity index (χ0v) is 20.6. The molecule has 2 aliphatic heterocycles. The van der Waals surface area contributed by atoms with Crippen LogP contribution in [0.4, 0.5) is 5.69 Å². The van der Waals surface area contributed by atoms with Crippen LogP contribution in [0.2, 0.25) is 0 Å². The van der Waals surface area contributed by atoms with E-state index in [0.717, 1.165) is 8.61 Å². The van der Waals surface area contributed by atoms with Gasteiger partial charge < -0.3 is 14.8 Å². The normalized spacial score (nSPS) is 18.6. The summed E-state index contributed by atoms with van der Waals surface area (Å²) in [6, 6.07) is 19.1. The highest BCUT2D eigenvalue weighted by molar-refractivity contribution is 7.89. The van der Waals surface area contributed by atoms with Gasteiger partial charge in [-0.3, -0.25) is 4.79 Å². The summed E-state index contributed by atoms with van der Waals surface area (Å²) in [5, 5.41) is 2.70. The molecule has 0 spiro atoms. The van der Waals surface area contributed by atoms with Gasteiger partial charge in [0.2, 0.25) is 32.7 Å². The maximum absolute atomic E-state index is 13.5. The number of carbonyl (C=O) groups excluding carboxylic acids is 1. The van der Waals surface area contributed by atoms with E-state index in [4.69, 9.17) is 9.47 Å². The maximum atomic E-state index is 13.5. The molecule has 2 heterocycles. The number of anilines is 1. The third kappa shape index (κ3) is 4.55. The molecule has 0 radical (unpaired) electrons. The number of hydrogen-bond donors (Lipinski definition) is 1. The average Bonchev–Trinajstić information content (AvgIpc) is 3.37. The summed E-state index contributed by atoms with van der Waals surface area (Å²) in [6.07, 6.45) is 0. The molecule has 0 saturated carbocycles. The minimum atomic E-state index is -4.09. The first kappa shape index (κ1) is 24.3. The number of nitrogens with one attached hydrogen (secondary N) is 1. The van der Waals surface area contributed by atoms with Gasteiger partial charge in [0, 0.05) is 31.4 Å². The smallest absolute Gasteiger partial charge is 0.244 e. The summed E-state index contributed by atoms with van der Waals surface area (Å²) in [5.74, 6) is 0.305. The van der Waals surface area contributed by atoms with Gasteiger partial charge in [0.15, 0.2) is 11.5 Å². The number of carbonyl (C=O) groups is 1. The van der Waals surface area contributed by atoms with Crippen LogP contribution in [0.1, 0.15) is 0 Å². The summed E-state index contributed by atoms with van der Waals surface area (Å²) >= 11 is 0. The van der Waals surface area contributed by atoms with Gasteiger partial charge in [-0.1, -0.05) is 36.4 Å². The average molecular weight is 530 g/mol. The molecule has 36 heavy (non-hydrogen) atoms. The molecule has 1 saturated heterocycles. The van der Waals surface area contributed by atoms with Crippen LogP contribution in [0.3, 0.4) is 0 Å². The van der Waals surface area contributed by atoms with E-state index >= 15 is 0 Å². The number of benzene rings is 3. The topological polar surface area (TPSA) is 122 Å². The molecule has 1 fully saturated rings. The summed E-state index contributed by atoms with van der Waals surface area (Å²) < 4.78 is 66.3. The van der Waals surface area contributed by atoms with Crippen LogP contribution < -0.4 is 14.8 Å². The third-order valence-corrected chi connectivity index (χ3v) is 9.77. The zero-order chi connectivity index (χ0) is 25.3. The zero-order valence-electron chi connectivity index (χ0n) is 19.0. The van der Waals surface area contributed by atoms with Crippen molar-refractivity contribution in [1.82, 2.24) is 8.61 Å². The van der Waals surface area contributed by atoms with E-state index in [1.807, 2.05) is 0 Å². The molecule has 12 heteroatoms. The number of nitrogens with zero attached hydrogens (tertiary/aromatic N) is 2. The van der Waals surface area contributed by atoms with Crippen molar-refractivity contribution in [2.75, 3.05) is 31.7 Å². The van der Waals surface area contributed by atoms with Crippen LogP contribution >= 0.6 is 0 Å². The number of sulfonamides is 2. The van der Waals surface area contributed by atoms with Crippen LogP contribution in [0.25, 0.3) is 0 Å².